The molecule has 1 saturated heterocycles. The summed E-state index contributed by atoms with van der Waals surface area (Å²) in [4.78, 5) is 0. The standard InChI is InChI=1S/C4H9N.2ClH.H3N.Pt/c1-2-4-5-3-1;;;;/h5H,1-4H2;2*1H;1H3;/q;;;;+2/p-2. The van der Waals surface area contributed by atoms with E-state index in [1.54, 1.807) is 0 Å². The van der Waals surface area contributed by atoms with Crippen LogP contribution in [0.25, 0.3) is 0 Å². The van der Waals surface area contributed by atoms with Crippen molar-refractivity contribution in [2.24, 2.45) is 0 Å². The summed E-state index contributed by atoms with van der Waals surface area (Å²) >= 11 is -0.472. The molecule has 0 aromatic heterocycles. The van der Waals surface area contributed by atoms with Gasteiger partial charge in [0.1, 0.15) is 0 Å². The van der Waals surface area contributed by atoms with Gasteiger partial charge in [-0.25, -0.2) is 0 Å². The zero-order chi connectivity index (χ0) is 6.24. The van der Waals surface area contributed by atoms with Gasteiger partial charge < -0.3 is 11.5 Å². The van der Waals surface area contributed by atoms with Gasteiger partial charge in [-0.3, -0.25) is 0 Å². The topological polar surface area (TPSA) is 47.0 Å². The second-order valence-corrected chi connectivity index (χ2v) is 4.79. The molecule has 5 heteroatoms. The van der Waals surface area contributed by atoms with Crippen LogP contribution in [-0.2, 0) is 16.5 Å². The Bertz CT molecular complexity index is 35.9. The monoisotopic (exact) mass is 353 g/mol. The van der Waals surface area contributed by atoms with E-state index in [4.69, 9.17) is 18.8 Å². The van der Waals surface area contributed by atoms with E-state index in [1.807, 2.05) is 0 Å². The van der Waals surface area contributed by atoms with Gasteiger partial charge in [0.15, 0.2) is 0 Å². The Labute approximate surface area is 72.6 Å². The molecule has 0 aromatic rings. The van der Waals surface area contributed by atoms with E-state index >= 15 is 0 Å². The quantitative estimate of drug-likeness (QED) is 0.698. The fraction of sp³-hybridized carbons (Fsp3) is 1.00. The molecule has 0 atom stereocenters. The molecular weight excluding hydrogens is 342 g/mol. The molecule has 1 fully saturated rings. The van der Waals surface area contributed by atoms with E-state index in [0.717, 1.165) is 0 Å². The van der Waals surface area contributed by atoms with Crippen molar-refractivity contribution in [3.05, 3.63) is 0 Å². The molecule has 0 saturated carbocycles. The van der Waals surface area contributed by atoms with Gasteiger partial charge in [-0.2, -0.15) is 0 Å². The number of halogens is 2. The second kappa shape index (κ2) is 11.9. The summed E-state index contributed by atoms with van der Waals surface area (Å²) in [6.45, 7) is 2.50. The van der Waals surface area contributed by atoms with Crippen molar-refractivity contribution >= 4 is 18.8 Å². The van der Waals surface area contributed by atoms with Crippen molar-refractivity contribution in [1.82, 2.24) is 11.5 Å². The Balaban J connectivity index is 0. The third kappa shape index (κ3) is 12.4. The molecule has 62 valence electrons. The van der Waals surface area contributed by atoms with Gasteiger partial charge in [0, 0.05) is 0 Å². The number of rotatable bonds is 0. The van der Waals surface area contributed by atoms with Gasteiger partial charge in [0.2, 0.25) is 0 Å². The molecule has 1 aliphatic rings. The van der Waals surface area contributed by atoms with Crippen molar-refractivity contribution in [1.29, 1.82) is 0 Å². The molecule has 4 N–H and O–H groups in total. The van der Waals surface area contributed by atoms with Crippen LogP contribution in [0.4, 0.5) is 0 Å². The third-order valence-electron chi connectivity index (χ3n) is 0.957. The van der Waals surface area contributed by atoms with E-state index in [0.29, 0.717) is 0 Å². The van der Waals surface area contributed by atoms with Crippen molar-refractivity contribution in [3.8, 4) is 0 Å². The van der Waals surface area contributed by atoms with Gasteiger partial charge in [-0.15, -0.1) is 0 Å². The van der Waals surface area contributed by atoms with Crippen LogP contribution in [0.3, 0.4) is 0 Å². The first-order valence-corrected chi connectivity index (χ1v) is 8.08. The van der Waals surface area contributed by atoms with Gasteiger partial charge in [0.25, 0.3) is 0 Å². The van der Waals surface area contributed by atoms with E-state index in [9.17, 15) is 0 Å². The normalized spacial score (nSPS) is 15.8. The molecule has 2 nitrogen and oxygen atoms in total. The Morgan fingerprint density at radius 3 is 1.56 bits per heavy atom. The van der Waals surface area contributed by atoms with Crippen LogP contribution in [0.2, 0.25) is 0 Å². The van der Waals surface area contributed by atoms with E-state index in [1.165, 1.54) is 25.9 Å². The Morgan fingerprint density at radius 1 is 1.11 bits per heavy atom. The first-order valence-electron chi connectivity index (χ1n) is 2.45. The fourth-order valence-electron chi connectivity index (χ4n) is 0.625. The summed E-state index contributed by atoms with van der Waals surface area (Å²) in [6, 6.07) is 0. The molecule has 0 radical (unpaired) electrons. The van der Waals surface area contributed by atoms with E-state index in [-0.39, 0.29) is 6.15 Å². The maximum absolute atomic E-state index is 4.88. The minimum absolute atomic E-state index is 0. The van der Waals surface area contributed by atoms with Crippen molar-refractivity contribution in [3.63, 3.8) is 0 Å². The van der Waals surface area contributed by atoms with Crippen LogP contribution in [0.1, 0.15) is 12.8 Å². The summed E-state index contributed by atoms with van der Waals surface area (Å²) in [7, 11) is 9.75. The molecule has 1 rings (SSSR count). The third-order valence-corrected chi connectivity index (χ3v) is 0.957. The number of nitrogens with one attached hydrogen (secondary N) is 1. The Morgan fingerprint density at radius 2 is 1.44 bits per heavy atom. The van der Waals surface area contributed by atoms with Crippen LogP contribution in [-0.4, -0.2) is 13.1 Å². The first-order chi connectivity index (χ1) is 3.91. The predicted octanol–water partition coefficient (Wildman–Crippen LogP) is 1.91. The molecule has 0 bridgehead atoms. The van der Waals surface area contributed by atoms with Gasteiger partial charge in [0.05, 0.1) is 0 Å². The molecule has 0 spiro atoms. The zero-order valence-corrected chi connectivity index (χ0v) is 8.89. The summed E-state index contributed by atoms with van der Waals surface area (Å²) < 4.78 is 0. The van der Waals surface area contributed by atoms with Crippen LogP contribution >= 0.6 is 18.8 Å². The molecular formula is C4H12Cl2N2Pt. The minimum atomic E-state index is -0.472. The van der Waals surface area contributed by atoms with Gasteiger partial charge in [-0.1, -0.05) is 0 Å². The van der Waals surface area contributed by atoms with Gasteiger partial charge >= 0.3 is 35.3 Å². The molecule has 1 aliphatic heterocycles. The predicted molar refractivity (Wildman–Crippen MR) is 38.8 cm³/mol. The van der Waals surface area contributed by atoms with Crippen molar-refractivity contribution in [2.45, 2.75) is 12.8 Å². The number of hydrogen-bond donors (Lipinski definition) is 2. The molecule has 0 aliphatic carbocycles. The van der Waals surface area contributed by atoms with Crippen LogP contribution in [0.15, 0.2) is 0 Å². The Hall–Kier alpha value is 1.19. The van der Waals surface area contributed by atoms with Crippen LogP contribution in [0, 0.1) is 0 Å². The Kier molecular flexibility index (Phi) is 17.0. The van der Waals surface area contributed by atoms with E-state index in [2.05, 4.69) is 5.32 Å². The molecule has 1 heterocycles. The van der Waals surface area contributed by atoms with Crippen LogP contribution in [0.5, 0.6) is 0 Å². The molecule has 0 unspecified atom stereocenters. The summed E-state index contributed by atoms with van der Waals surface area (Å²) in [6.07, 6.45) is 2.78. The van der Waals surface area contributed by atoms with Gasteiger partial charge in [-0.05, 0) is 25.9 Å². The van der Waals surface area contributed by atoms with E-state index < -0.39 is 16.5 Å². The summed E-state index contributed by atoms with van der Waals surface area (Å²) in [5.74, 6) is 0. The molecule has 9 heavy (non-hydrogen) atoms. The second-order valence-electron chi connectivity index (χ2n) is 1.50. The summed E-state index contributed by atoms with van der Waals surface area (Å²) in [5, 5.41) is 3.22. The maximum atomic E-state index is 4.88. The average molecular weight is 354 g/mol. The fourth-order valence-corrected chi connectivity index (χ4v) is 0.625. The van der Waals surface area contributed by atoms with Crippen molar-refractivity contribution in [2.75, 3.05) is 13.1 Å². The number of hydrogen-bond acceptors (Lipinski definition) is 2. The SMILES string of the molecule is C1CCNC1.N.[Cl][Pt][Cl]. The van der Waals surface area contributed by atoms with Crippen molar-refractivity contribution < 1.29 is 16.5 Å². The summed E-state index contributed by atoms with van der Waals surface area (Å²) in [5.41, 5.74) is 0. The molecule has 0 aromatic carbocycles. The first kappa shape index (κ1) is 12.8. The average Bonchev–Trinajstić information content (AvgIpc) is 2.17. The molecule has 0 amide bonds. The van der Waals surface area contributed by atoms with Crippen LogP contribution < -0.4 is 11.5 Å². The zero-order valence-electron chi connectivity index (χ0n) is 5.11.